The Balaban J connectivity index is 1.73. The van der Waals surface area contributed by atoms with Crippen LogP contribution in [0.4, 0.5) is 45.1 Å². The van der Waals surface area contributed by atoms with Gasteiger partial charge >= 0.3 is 6.18 Å². The average molecular weight is 366 g/mol. The van der Waals surface area contributed by atoms with Gasteiger partial charge in [0, 0.05) is 23.6 Å². The molecule has 2 aromatic carbocycles. The summed E-state index contributed by atoms with van der Waals surface area (Å²) in [6, 6.07) is 9.18. The van der Waals surface area contributed by atoms with Crippen molar-refractivity contribution in [3.63, 3.8) is 0 Å². The Morgan fingerprint density at radius 2 is 1.46 bits per heavy atom. The van der Waals surface area contributed by atoms with E-state index < -0.39 is 23.4 Å². The van der Waals surface area contributed by atoms with Crippen LogP contribution >= 0.6 is 0 Å². The molecule has 4 nitrogen and oxygen atoms in total. The van der Waals surface area contributed by atoms with Crippen LogP contribution in [-0.2, 0) is 6.18 Å². The summed E-state index contributed by atoms with van der Waals surface area (Å²) < 4.78 is 63.8. The van der Waals surface area contributed by atoms with Crippen LogP contribution < -0.4 is 10.6 Å². The van der Waals surface area contributed by atoms with Crippen molar-refractivity contribution in [2.24, 2.45) is 0 Å². The molecule has 2 N–H and O–H groups in total. The van der Waals surface area contributed by atoms with Crippen molar-refractivity contribution in [1.29, 1.82) is 0 Å². The summed E-state index contributed by atoms with van der Waals surface area (Å²) in [6.07, 6.45) is -3.00. The molecule has 3 aromatic rings. The van der Waals surface area contributed by atoms with E-state index in [9.17, 15) is 22.0 Å². The van der Waals surface area contributed by atoms with Crippen LogP contribution in [0.1, 0.15) is 5.56 Å². The van der Waals surface area contributed by atoms with Crippen LogP contribution in [0.2, 0.25) is 0 Å². The zero-order chi connectivity index (χ0) is 18.7. The fourth-order valence-electron chi connectivity index (χ4n) is 2.08. The van der Waals surface area contributed by atoms with Crippen molar-refractivity contribution in [3.8, 4) is 0 Å². The number of anilines is 4. The zero-order valence-corrected chi connectivity index (χ0v) is 13.0. The van der Waals surface area contributed by atoms with Gasteiger partial charge in [-0.25, -0.2) is 13.8 Å². The van der Waals surface area contributed by atoms with E-state index in [0.717, 1.165) is 24.3 Å². The molecule has 9 heteroatoms. The van der Waals surface area contributed by atoms with Gasteiger partial charge in [0.05, 0.1) is 5.56 Å². The number of aromatic nitrogens is 2. The summed E-state index contributed by atoms with van der Waals surface area (Å²) >= 11 is 0. The Bertz CT molecular complexity index is 910. The molecule has 0 aliphatic rings. The first-order valence-electron chi connectivity index (χ1n) is 7.31. The predicted octanol–water partition coefficient (Wildman–Crippen LogP) is 5.26. The second-order valence-electron chi connectivity index (χ2n) is 5.22. The topological polar surface area (TPSA) is 49.8 Å². The number of halogens is 5. The second-order valence-corrected chi connectivity index (χ2v) is 5.22. The molecule has 0 saturated heterocycles. The lowest BCUT2D eigenvalue weighted by molar-refractivity contribution is -0.137. The molecular formula is C17H11F5N4. The van der Waals surface area contributed by atoms with Gasteiger partial charge in [-0.1, -0.05) is 0 Å². The van der Waals surface area contributed by atoms with Crippen LogP contribution in [0.5, 0.6) is 0 Å². The SMILES string of the molecule is Fc1ccc(Nc2nccc(Nc3ccc(C(F)(F)F)cc3)n2)cc1F. The Hall–Kier alpha value is -3.23. The van der Waals surface area contributed by atoms with E-state index in [4.69, 9.17) is 0 Å². The van der Waals surface area contributed by atoms with Crippen LogP contribution in [0.15, 0.2) is 54.7 Å². The van der Waals surface area contributed by atoms with E-state index in [1.807, 2.05) is 0 Å². The van der Waals surface area contributed by atoms with Gasteiger partial charge in [-0.15, -0.1) is 0 Å². The van der Waals surface area contributed by atoms with E-state index in [0.29, 0.717) is 11.5 Å². The summed E-state index contributed by atoms with van der Waals surface area (Å²) in [5.74, 6) is -1.58. The lowest BCUT2D eigenvalue weighted by Crippen LogP contribution is -2.05. The molecule has 0 aliphatic heterocycles. The van der Waals surface area contributed by atoms with Crippen LogP contribution in [0, 0.1) is 11.6 Å². The third-order valence-electron chi connectivity index (χ3n) is 3.32. The largest absolute Gasteiger partial charge is 0.416 e. The first-order valence-corrected chi connectivity index (χ1v) is 7.31. The minimum Gasteiger partial charge on any atom is -0.340 e. The number of alkyl halides is 3. The van der Waals surface area contributed by atoms with Gasteiger partial charge in [0.15, 0.2) is 11.6 Å². The molecule has 0 amide bonds. The number of hydrogen-bond donors (Lipinski definition) is 2. The van der Waals surface area contributed by atoms with Crippen molar-refractivity contribution in [2.75, 3.05) is 10.6 Å². The molecule has 0 saturated carbocycles. The lowest BCUT2D eigenvalue weighted by atomic mass is 10.2. The number of hydrogen-bond acceptors (Lipinski definition) is 4. The molecule has 0 unspecified atom stereocenters. The summed E-state index contributed by atoms with van der Waals surface area (Å²) in [6.45, 7) is 0. The summed E-state index contributed by atoms with van der Waals surface area (Å²) in [5.41, 5.74) is -0.113. The normalized spacial score (nSPS) is 11.3. The molecule has 0 aliphatic carbocycles. The average Bonchev–Trinajstić information content (AvgIpc) is 2.58. The minimum absolute atomic E-state index is 0.105. The number of nitrogens with zero attached hydrogens (tertiary/aromatic N) is 2. The standard InChI is InChI=1S/C17H11F5N4/c18-13-6-5-12(9-14(13)19)25-16-23-8-7-15(26-16)24-11-3-1-10(2-4-11)17(20,21)22/h1-9H,(H2,23,24,25,26). The highest BCUT2D eigenvalue weighted by atomic mass is 19.4. The summed E-state index contributed by atoms with van der Waals surface area (Å²) in [4.78, 5) is 8.06. The number of benzene rings is 2. The van der Waals surface area contributed by atoms with Crippen molar-refractivity contribution in [3.05, 3.63) is 71.9 Å². The summed E-state index contributed by atoms with van der Waals surface area (Å²) in [5, 5.41) is 5.55. The van der Waals surface area contributed by atoms with E-state index >= 15 is 0 Å². The van der Waals surface area contributed by atoms with Crippen molar-refractivity contribution >= 4 is 23.1 Å². The van der Waals surface area contributed by atoms with Gasteiger partial charge in [-0.3, -0.25) is 0 Å². The van der Waals surface area contributed by atoms with Gasteiger partial charge in [0.25, 0.3) is 0 Å². The Kier molecular flexibility index (Phi) is 4.70. The molecule has 0 spiro atoms. The monoisotopic (exact) mass is 366 g/mol. The van der Waals surface area contributed by atoms with Crippen molar-refractivity contribution in [1.82, 2.24) is 9.97 Å². The highest BCUT2D eigenvalue weighted by molar-refractivity contribution is 5.59. The molecular weight excluding hydrogens is 355 g/mol. The van der Waals surface area contributed by atoms with E-state index in [1.165, 1.54) is 30.5 Å². The van der Waals surface area contributed by atoms with E-state index in [1.54, 1.807) is 0 Å². The Morgan fingerprint density at radius 3 is 2.12 bits per heavy atom. The van der Waals surface area contributed by atoms with Gasteiger partial charge in [-0.05, 0) is 42.5 Å². The highest BCUT2D eigenvalue weighted by Crippen LogP contribution is 2.30. The molecule has 0 fully saturated rings. The maximum atomic E-state index is 13.2. The number of rotatable bonds is 4. The Morgan fingerprint density at radius 1 is 0.769 bits per heavy atom. The van der Waals surface area contributed by atoms with E-state index in [2.05, 4.69) is 20.6 Å². The number of nitrogens with one attached hydrogen (secondary N) is 2. The fraction of sp³-hybridized carbons (Fsp3) is 0.0588. The molecule has 3 rings (SSSR count). The predicted molar refractivity (Wildman–Crippen MR) is 86.4 cm³/mol. The van der Waals surface area contributed by atoms with Gasteiger partial charge in [0.2, 0.25) is 5.95 Å². The molecule has 0 atom stereocenters. The molecule has 26 heavy (non-hydrogen) atoms. The Labute approximate surface area is 144 Å². The first-order chi connectivity index (χ1) is 12.3. The smallest absolute Gasteiger partial charge is 0.340 e. The fourth-order valence-corrected chi connectivity index (χ4v) is 2.08. The van der Waals surface area contributed by atoms with Gasteiger partial charge in [-0.2, -0.15) is 18.2 Å². The third-order valence-corrected chi connectivity index (χ3v) is 3.32. The van der Waals surface area contributed by atoms with Crippen LogP contribution in [0.3, 0.4) is 0 Å². The van der Waals surface area contributed by atoms with E-state index in [-0.39, 0.29) is 11.6 Å². The molecule has 134 valence electrons. The zero-order valence-electron chi connectivity index (χ0n) is 13.0. The molecule has 0 radical (unpaired) electrons. The summed E-state index contributed by atoms with van der Waals surface area (Å²) in [7, 11) is 0. The lowest BCUT2D eigenvalue weighted by Gasteiger charge is -2.10. The molecule has 1 heterocycles. The molecule has 1 aromatic heterocycles. The second kappa shape index (κ2) is 6.95. The van der Waals surface area contributed by atoms with Crippen molar-refractivity contribution in [2.45, 2.75) is 6.18 Å². The van der Waals surface area contributed by atoms with Gasteiger partial charge < -0.3 is 10.6 Å². The first kappa shape index (κ1) is 17.6. The van der Waals surface area contributed by atoms with Crippen LogP contribution in [-0.4, -0.2) is 9.97 Å². The van der Waals surface area contributed by atoms with Crippen LogP contribution in [0.25, 0.3) is 0 Å². The minimum atomic E-state index is -4.41. The maximum Gasteiger partial charge on any atom is 0.416 e. The maximum absolute atomic E-state index is 13.2. The van der Waals surface area contributed by atoms with Crippen molar-refractivity contribution < 1.29 is 22.0 Å². The van der Waals surface area contributed by atoms with Gasteiger partial charge in [0.1, 0.15) is 5.82 Å². The molecule has 0 bridgehead atoms. The quantitative estimate of drug-likeness (QED) is 0.619. The highest BCUT2D eigenvalue weighted by Gasteiger charge is 2.29. The third kappa shape index (κ3) is 4.24.